The van der Waals surface area contributed by atoms with Crippen molar-refractivity contribution in [3.8, 4) is 0 Å². The van der Waals surface area contributed by atoms with Crippen LogP contribution in [0.25, 0.3) is 0 Å². The molecular weight excluding hydrogens is 264 g/mol. The summed E-state index contributed by atoms with van der Waals surface area (Å²) in [6.45, 7) is 10.5. The standard InChI is InChI=1S/C16H28N4O/c1-4-9-20(11-13-7-8-13)16-10-14(17-5-2)18-15(19-16)12-21-6-3/h10,13H,4-9,11-12H2,1-3H3,(H,17,18,19). The number of aromatic nitrogens is 2. The highest BCUT2D eigenvalue weighted by atomic mass is 16.5. The molecule has 1 aliphatic carbocycles. The molecule has 1 saturated carbocycles. The average Bonchev–Trinajstić information content (AvgIpc) is 3.29. The fraction of sp³-hybridized carbons (Fsp3) is 0.750. The van der Waals surface area contributed by atoms with Crippen LogP contribution in [0.3, 0.4) is 0 Å². The SMILES string of the molecule is CCCN(CC1CC1)c1cc(NCC)nc(COCC)n1. The Balaban J connectivity index is 2.17. The van der Waals surface area contributed by atoms with E-state index in [4.69, 9.17) is 9.72 Å². The second-order valence-electron chi connectivity index (χ2n) is 5.58. The lowest BCUT2D eigenvalue weighted by molar-refractivity contribution is 0.128. The van der Waals surface area contributed by atoms with E-state index in [1.54, 1.807) is 0 Å². The number of hydrogen-bond acceptors (Lipinski definition) is 5. The van der Waals surface area contributed by atoms with Crippen molar-refractivity contribution in [3.05, 3.63) is 11.9 Å². The molecule has 0 radical (unpaired) electrons. The summed E-state index contributed by atoms with van der Waals surface area (Å²) in [5, 5.41) is 3.30. The molecule has 0 amide bonds. The van der Waals surface area contributed by atoms with E-state index in [1.807, 2.05) is 6.92 Å². The van der Waals surface area contributed by atoms with E-state index >= 15 is 0 Å². The van der Waals surface area contributed by atoms with Crippen molar-refractivity contribution in [2.24, 2.45) is 5.92 Å². The molecule has 0 aromatic carbocycles. The second-order valence-corrected chi connectivity index (χ2v) is 5.58. The number of ether oxygens (including phenoxy) is 1. The third kappa shape index (κ3) is 5.16. The van der Waals surface area contributed by atoms with Gasteiger partial charge in [-0.2, -0.15) is 0 Å². The van der Waals surface area contributed by atoms with Gasteiger partial charge in [-0.1, -0.05) is 6.92 Å². The van der Waals surface area contributed by atoms with E-state index < -0.39 is 0 Å². The second kappa shape index (κ2) is 8.17. The van der Waals surface area contributed by atoms with Crippen LogP contribution in [0.15, 0.2) is 6.07 Å². The first-order chi connectivity index (χ1) is 10.3. The van der Waals surface area contributed by atoms with Crippen molar-refractivity contribution in [2.45, 2.75) is 46.6 Å². The van der Waals surface area contributed by atoms with Crippen LogP contribution in [0, 0.1) is 5.92 Å². The minimum Gasteiger partial charge on any atom is -0.374 e. The third-order valence-electron chi connectivity index (χ3n) is 3.55. The van der Waals surface area contributed by atoms with Crippen molar-refractivity contribution in [1.82, 2.24) is 9.97 Å². The Morgan fingerprint density at radius 3 is 2.71 bits per heavy atom. The number of hydrogen-bond donors (Lipinski definition) is 1. The van der Waals surface area contributed by atoms with Gasteiger partial charge in [0, 0.05) is 32.3 Å². The summed E-state index contributed by atoms with van der Waals surface area (Å²) >= 11 is 0. The summed E-state index contributed by atoms with van der Waals surface area (Å²) in [6.07, 6.45) is 3.85. The zero-order valence-corrected chi connectivity index (χ0v) is 13.6. The summed E-state index contributed by atoms with van der Waals surface area (Å²) in [7, 11) is 0. The molecule has 1 aliphatic rings. The molecule has 5 nitrogen and oxygen atoms in total. The fourth-order valence-electron chi connectivity index (χ4n) is 2.36. The van der Waals surface area contributed by atoms with E-state index in [0.29, 0.717) is 13.2 Å². The molecule has 0 unspecified atom stereocenters. The van der Waals surface area contributed by atoms with Gasteiger partial charge in [-0.25, -0.2) is 9.97 Å². The number of anilines is 2. The molecule has 1 heterocycles. The van der Waals surface area contributed by atoms with Crippen LogP contribution in [0.4, 0.5) is 11.6 Å². The van der Waals surface area contributed by atoms with E-state index in [-0.39, 0.29) is 0 Å². The molecule has 1 aromatic rings. The van der Waals surface area contributed by atoms with Crippen molar-refractivity contribution in [2.75, 3.05) is 36.5 Å². The summed E-state index contributed by atoms with van der Waals surface area (Å²) in [6, 6.07) is 2.07. The monoisotopic (exact) mass is 292 g/mol. The van der Waals surface area contributed by atoms with Crippen LogP contribution >= 0.6 is 0 Å². The topological polar surface area (TPSA) is 50.3 Å². The maximum atomic E-state index is 5.47. The highest BCUT2D eigenvalue weighted by Crippen LogP contribution is 2.31. The van der Waals surface area contributed by atoms with Crippen molar-refractivity contribution in [1.29, 1.82) is 0 Å². The first-order valence-corrected chi connectivity index (χ1v) is 8.21. The van der Waals surface area contributed by atoms with Gasteiger partial charge in [0.2, 0.25) is 0 Å². The minimum atomic E-state index is 0.478. The van der Waals surface area contributed by atoms with Gasteiger partial charge in [-0.3, -0.25) is 0 Å². The Hall–Kier alpha value is -1.36. The summed E-state index contributed by atoms with van der Waals surface area (Å²) in [5.41, 5.74) is 0. The molecular formula is C16H28N4O. The van der Waals surface area contributed by atoms with E-state index in [9.17, 15) is 0 Å². The highest BCUT2D eigenvalue weighted by molar-refractivity contribution is 5.49. The molecule has 1 N–H and O–H groups in total. The summed E-state index contributed by atoms with van der Waals surface area (Å²) < 4.78 is 5.47. The molecule has 5 heteroatoms. The van der Waals surface area contributed by atoms with Crippen LogP contribution in [0.1, 0.15) is 45.9 Å². The largest absolute Gasteiger partial charge is 0.374 e. The Labute approximate surface area is 128 Å². The van der Waals surface area contributed by atoms with Gasteiger partial charge in [0.15, 0.2) is 5.82 Å². The predicted octanol–water partition coefficient (Wildman–Crippen LogP) is 3.07. The lowest BCUT2D eigenvalue weighted by atomic mass is 10.3. The Bertz CT molecular complexity index is 434. The molecule has 2 rings (SSSR count). The normalized spacial score (nSPS) is 14.2. The lowest BCUT2D eigenvalue weighted by Crippen LogP contribution is -2.28. The Morgan fingerprint density at radius 2 is 2.10 bits per heavy atom. The van der Waals surface area contributed by atoms with E-state index in [0.717, 1.165) is 49.4 Å². The van der Waals surface area contributed by atoms with Crippen LogP contribution in [0.2, 0.25) is 0 Å². The first kappa shape index (κ1) is 16.0. The molecule has 0 spiro atoms. The molecule has 1 fully saturated rings. The zero-order valence-electron chi connectivity index (χ0n) is 13.6. The molecule has 21 heavy (non-hydrogen) atoms. The zero-order chi connectivity index (χ0) is 15.1. The number of nitrogens with zero attached hydrogens (tertiary/aromatic N) is 3. The van der Waals surface area contributed by atoms with Crippen LogP contribution in [-0.2, 0) is 11.3 Å². The third-order valence-corrected chi connectivity index (χ3v) is 3.55. The van der Waals surface area contributed by atoms with Crippen molar-refractivity contribution >= 4 is 11.6 Å². The van der Waals surface area contributed by atoms with Gasteiger partial charge in [-0.05, 0) is 39.0 Å². The molecule has 1 aromatic heterocycles. The highest BCUT2D eigenvalue weighted by Gasteiger charge is 2.25. The van der Waals surface area contributed by atoms with Gasteiger partial charge >= 0.3 is 0 Å². The average molecular weight is 292 g/mol. The summed E-state index contributed by atoms with van der Waals surface area (Å²) in [5.74, 6) is 3.55. The quantitative estimate of drug-likeness (QED) is 0.718. The minimum absolute atomic E-state index is 0.478. The van der Waals surface area contributed by atoms with Gasteiger partial charge in [0.1, 0.15) is 18.2 Å². The smallest absolute Gasteiger partial charge is 0.158 e. The number of nitrogens with one attached hydrogen (secondary N) is 1. The van der Waals surface area contributed by atoms with Crippen LogP contribution in [-0.4, -0.2) is 36.2 Å². The van der Waals surface area contributed by atoms with Gasteiger partial charge in [0.25, 0.3) is 0 Å². The van der Waals surface area contributed by atoms with Crippen LogP contribution < -0.4 is 10.2 Å². The fourth-order valence-corrected chi connectivity index (χ4v) is 2.36. The van der Waals surface area contributed by atoms with Crippen molar-refractivity contribution in [3.63, 3.8) is 0 Å². The van der Waals surface area contributed by atoms with Gasteiger partial charge in [-0.15, -0.1) is 0 Å². The van der Waals surface area contributed by atoms with Crippen LogP contribution in [0.5, 0.6) is 0 Å². The molecule has 118 valence electrons. The van der Waals surface area contributed by atoms with Gasteiger partial charge in [0.05, 0.1) is 0 Å². The van der Waals surface area contributed by atoms with E-state index in [1.165, 1.54) is 12.8 Å². The van der Waals surface area contributed by atoms with E-state index in [2.05, 4.69) is 35.1 Å². The maximum absolute atomic E-state index is 5.47. The Kier molecular flexibility index (Phi) is 6.23. The first-order valence-electron chi connectivity index (χ1n) is 8.21. The summed E-state index contributed by atoms with van der Waals surface area (Å²) in [4.78, 5) is 11.6. The predicted molar refractivity (Wildman–Crippen MR) is 86.8 cm³/mol. The molecule has 0 atom stereocenters. The molecule has 0 bridgehead atoms. The molecule has 0 aliphatic heterocycles. The lowest BCUT2D eigenvalue weighted by Gasteiger charge is -2.24. The van der Waals surface area contributed by atoms with Gasteiger partial charge < -0.3 is 15.0 Å². The van der Waals surface area contributed by atoms with Crippen molar-refractivity contribution < 1.29 is 4.74 Å². The Morgan fingerprint density at radius 1 is 1.29 bits per heavy atom. The molecule has 0 saturated heterocycles. The number of rotatable bonds is 10. The maximum Gasteiger partial charge on any atom is 0.158 e.